The molecule has 148 valence electrons. The summed E-state index contributed by atoms with van der Waals surface area (Å²) >= 11 is 2.78. The molecule has 1 unspecified atom stereocenters. The third kappa shape index (κ3) is 5.56. The summed E-state index contributed by atoms with van der Waals surface area (Å²) in [7, 11) is -2.17. The number of hydrogen-bond donors (Lipinski definition) is 1. The van der Waals surface area contributed by atoms with Gasteiger partial charge in [-0.15, -0.1) is 10.2 Å². The summed E-state index contributed by atoms with van der Waals surface area (Å²) in [6.07, 6.45) is 1.37. The Morgan fingerprint density at radius 3 is 2.48 bits per heavy atom. The lowest BCUT2D eigenvalue weighted by Crippen LogP contribution is -2.46. The van der Waals surface area contributed by atoms with Gasteiger partial charge in [0.2, 0.25) is 21.1 Å². The first-order valence-corrected chi connectivity index (χ1v) is 11.9. The second-order valence-corrected chi connectivity index (χ2v) is 9.82. The zero-order valence-electron chi connectivity index (χ0n) is 15.5. The van der Waals surface area contributed by atoms with E-state index in [1.807, 2.05) is 6.92 Å². The third-order valence-corrected chi connectivity index (χ3v) is 6.60. The third-order valence-electron chi connectivity index (χ3n) is 3.56. The number of methoxy groups -OCH3 is 1. The highest BCUT2D eigenvalue weighted by molar-refractivity contribution is 8.01. The van der Waals surface area contributed by atoms with Crippen LogP contribution in [-0.4, -0.2) is 49.7 Å². The quantitative estimate of drug-likeness (QED) is 0.482. The summed E-state index contributed by atoms with van der Waals surface area (Å²) < 4.78 is 31.8. The van der Waals surface area contributed by atoms with Crippen LogP contribution in [0.15, 0.2) is 28.6 Å². The molecule has 0 aliphatic rings. The van der Waals surface area contributed by atoms with E-state index in [1.54, 1.807) is 31.2 Å². The van der Waals surface area contributed by atoms with E-state index >= 15 is 0 Å². The molecule has 0 saturated heterocycles. The van der Waals surface area contributed by atoms with Crippen molar-refractivity contribution in [2.45, 2.75) is 30.6 Å². The van der Waals surface area contributed by atoms with Crippen molar-refractivity contribution in [2.75, 3.05) is 28.7 Å². The normalized spacial score (nSPS) is 12.4. The number of benzene rings is 1. The number of aromatic nitrogens is 2. The Hall–Kier alpha value is -1.85. The number of sulfonamides is 1. The van der Waals surface area contributed by atoms with Gasteiger partial charge in [-0.1, -0.05) is 36.9 Å². The fraction of sp³-hybridized carbons (Fsp3) is 0.438. The number of carbonyl (C=O) groups is 1. The molecule has 1 heterocycles. The lowest BCUT2D eigenvalue weighted by Gasteiger charge is -2.29. The van der Waals surface area contributed by atoms with Gasteiger partial charge in [0.1, 0.15) is 11.8 Å². The Morgan fingerprint density at radius 1 is 1.30 bits per heavy atom. The SMILES string of the molecule is CCSc1nnc(NC(=O)C(CC)N(c2ccc(OC)cc2)S(C)(=O)=O)s1. The maximum absolute atomic E-state index is 12.8. The van der Waals surface area contributed by atoms with E-state index in [0.717, 1.165) is 20.7 Å². The Morgan fingerprint density at radius 2 is 1.96 bits per heavy atom. The van der Waals surface area contributed by atoms with Crippen molar-refractivity contribution in [3.8, 4) is 5.75 Å². The molecule has 8 nitrogen and oxygen atoms in total. The summed E-state index contributed by atoms with van der Waals surface area (Å²) in [4.78, 5) is 12.8. The van der Waals surface area contributed by atoms with E-state index in [-0.39, 0.29) is 0 Å². The molecule has 0 aliphatic heterocycles. The summed E-state index contributed by atoms with van der Waals surface area (Å²) in [6, 6.07) is 5.60. The van der Waals surface area contributed by atoms with Crippen LogP contribution < -0.4 is 14.4 Å². The summed E-state index contributed by atoms with van der Waals surface area (Å²) in [5.41, 5.74) is 0.389. The number of thioether (sulfide) groups is 1. The van der Waals surface area contributed by atoms with Gasteiger partial charge in [-0.25, -0.2) is 8.42 Å². The number of hydrogen-bond acceptors (Lipinski definition) is 8. The minimum atomic E-state index is -3.69. The van der Waals surface area contributed by atoms with Gasteiger partial charge in [0.05, 0.1) is 19.1 Å². The lowest BCUT2D eigenvalue weighted by atomic mass is 10.2. The fourth-order valence-corrected chi connectivity index (χ4v) is 5.28. The maximum Gasteiger partial charge on any atom is 0.250 e. The number of rotatable bonds is 9. The number of nitrogens with zero attached hydrogens (tertiary/aromatic N) is 3. The van der Waals surface area contributed by atoms with Crippen LogP contribution in [0.1, 0.15) is 20.3 Å². The molecule has 0 spiro atoms. The van der Waals surface area contributed by atoms with Gasteiger partial charge in [0.15, 0.2) is 4.34 Å². The molecule has 0 radical (unpaired) electrons. The number of amides is 1. The van der Waals surface area contributed by atoms with Crippen LogP contribution >= 0.6 is 23.1 Å². The highest BCUT2D eigenvalue weighted by atomic mass is 32.2. The molecule has 1 atom stereocenters. The van der Waals surface area contributed by atoms with Crippen LogP contribution in [0.3, 0.4) is 0 Å². The molecule has 1 amide bonds. The average molecular weight is 431 g/mol. The number of anilines is 2. The molecule has 1 N–H and O–H groups in total. The highest BCUT2D eigenvalue weighted by Gasteiger charge is 2.32. The van der Waals surface area contributed by atoms with Crippen LogP contribution in [0.2, 0.25) is 0 Å². The molecular weight excluding hydrogens is 408 g/mol. The van der Waals surface area contributed by atoms with E-state index in [0.29, 0.717) is 23.0 Å². The summed E-state index contributed by atoms with van der Waals surface area (Å²) in [5, 5.41) is 10.9. The molecule has 1 aromatic carbocycles. The Labute approximate surface area is 167 Å². The summed E-state index contributed by atoms with van der Waals surface area (Å²) in [6.45, 7) is 3.75. The molecule has 27 heavy (non-hydrogen) atoms. The van der Waals surface area contributed by atoms with Crippen LogP contribution in [0, 0.1) is 0 Å². The first-order chi connectivity index (χ1) is 12.8. The maximum atomic E-state index is 12.8. The topological polar surface area (TPSA) is 101 Å². The molecule has 0 saturated carbocycles. The molecule has 0 bridgehead atoms. The van der Waals surface area contributed by atoms with Gasteiger partial charge < -0.3 is 4.74 Å². The fourth-order valence-electron chi connectivity index (χ4n) is 2.42. The van der Waals surface area contributed by atoms with Crippen molar-refractivity contribution in [1.29, 1.82) is 0 Å². The predicted molar refractivity (Wildman–Crippen MR) is 109 cm³/mol. The number of ether oxygens (including phenoxy) is 1. The second-order valence-electron chi connectivity index (χ2n) is 5.48. The zero-order chi connectivity index (χ0) is 20.0. The van der Waals surface area contributed by atoms with E-state index in [2.05, 4.69) is 15.5 Å². The smallest absolute Gasteiger partial charge is 0.250 e. The Bertz CT molecular complexity index is 868. The number of nitrogens with one attached hydrogen (secondary N) is 1. The largest absolute Gasteiger partial charge is 0.497 e. The first-order valence-electron chi connectivity index (χ1n) is 8.20. The van der Waals surface area contributed by atoms with E-state index in [1.165, 1.54) is 30.2 Å². The molecule has 2 rings (SSSR count). The molecule has 11 heteroatoms. The van der Waals surface area contributed by atoms with Gasteiger partial charge in [0.25, 0.3) is 0 Å². The zero-order valence-corrected chi connectivity index (χ0v) is 17.9. The van der Waals surface area contributed by atoms with Crippen molar-refractivity contribution in [2.24, 2.45) is 0 Å². The molecule has 2 aromatic rings. The molecule has 0 fully saturated rings. The van der Waals surface area contributed by atoms with Crippen LogP contribution in [0.4, 0.5) is 10.8 Å². The minimum Gasteiger partial charge on any atom is -0.497 e. The average Bonchev–Trinajstić information content (AvgIpc) is 3.06. The van der Waals surface area contributed by atoms with Gasteiger partial charge >= 0.3 is 0 Å². The first kappa shape index (κ1) is 21.5. The van der Waals surface area contributed by atoms with Crippen LogP contribution in [0.25, 0.3) is 0 Å². The van der Waals surface area contributed by atoms with Crippen LogP contribution in [0.5, 0.6) is 5.75 Å². The van der Waals surface area contributed by atoms with Crippen molar-refractivity contribution in [1.82, 2.24) is 10.2 Å². The second kappa shape index (κ2) is 9.38. The van der Waals surface area contributed by atoms with E-state index in [9.17, 15) is 13.2 Å². The monoisotopic (exact) mass is 430 g/mol. The molecular formula is C16H22N4O4S3. The van der Waals surface area contributed by atoms with Gasteiger partial charge in [-0.05, 0) is 36.4 Å². The number of carbonyl (C=O) groups excluding carboxylic acids is 1. The molecule has 0 aliphatic carbocycles. The van der Waals surface area contributed by atoms with E-state index < -0.39 is 22.0 Å². The van der Waals surface area contributed by atoms with Gasteiger partial charge in [0, 0.05) is 0 Å². The Balaban J connectivity index is 2.28. The van der Waals surface area contributed by atoms with Crippen LogP contribution in [-0.2, 0) is 14.8 Å². The Kier molecular flexibility index (Phi) is 7.45. The van der Waals surface area contributed by atoms with Gasteiger partial charge in [-0.3, -0.25) is 14.4 Å². The van der Waals surface area contributed by atoms with Crippen molar-refractivity contribution in [3.63, 3.8) is 0 Å². The molecule has 1 aromatic heterocycles. The van der Waals surface area contributed by atoms with Gasteiger partial charge in [-0.2, -0.15) is 0 Å². The highest BCUT2D eigenvalue weighted by Crippen LogP contribution is 2.28. The minimum absolute atomic E-state index is 0.292. The summed E-state index contributed by atoms with van der Waals surface area (Å²) in [5.74, 6) is 0.988. The van der Waals surface area contributed by atoms with Crippen molar-refractivity contribution in [3.05, 3.63) is 24.3 Å². The van der Waals surface area contributed by atoms with E-state index in [4.69, 9.17) is 4.74 Å². The predicted octanol–water partition coefficient (Wildman–Crippen LogP) is 2.84. The van der Waals surface area contributed by atoms with Crippen molar-refractivity contribution >= 4 is 49.8 Å². The van der Waals surface area contributed by atoms with Crippen molar-refractivity contribution < 1.29 is 17.9 Å². The standard InChI is InChI=1S/C16H22N4O4S3/c1-5-13(14(21)17-15-18-19-16(26-15)25-6-2)20(27(4,22)23)11-7-9-12(24-3)10-8-11/h7-10,13H,5-6H2,1-4H3,(H,17,18,21). The lowest BCUT2D eigenvalue weighted by molar-refractivity contribution is -0.117.